The molecule has 0 saturated carbocycles. The van der Waals surface area contributed by atoms with Crippen LogP contribution >= 0.6 is 0 Å². The molecule has 0 atom stereocenters. The first kappa shape index (κ1) is 18.4. The van der Waals surface area contributed by atoms with Crippen LogP contribution in [0.15, 0.2) is 24.3 Å². The van der Waals surface area contributed by atoms with Crippen LogP contribution < -0.4 is 0 Å². The van der Waals surface area contributed by atoms with Gasteiger partial charge in [0, 0.05) is 57.4 Å². The summed E-state index contributed by atoms with van der Waals surface area (Å²) in [6, 6.07) is 8.25. The van der Waals surface area contributed by atoms with Gasteiger partial charge in [-0.1, -0.05) is 12.1 Å². The Labute approximate surface area is 170 Å². The molecule has 0 unspecified atom stereocenters. The van der Waals surface area contributed by atoms with E-state index in [0.717, 1.165) is 81.0 Å². The minimum atomic E-state index is 0.107. The summed E-state index contributed by atoms with van der Waals surface area (Å²) in [5.74, 6) is 1.17. The fourth-order valence-electron chi connectivity index (χ4n) is 4.72. The number of hydrogen-bond acceptors (Lipinski definition) is 4. The summed E-state index contributed by atoms with van der Waals surface area (Å²) in [5.41, 5.74) is 5.21. The molecule has 1 amide bonds. The quantitative estimate of drug-likeness (QED) is 0.685. The molecule has 5 rings (SSSR count). The van der Waals surface area contributed by atoms with Crippen molar-refractivity contribution in [2.45, 2.75) is 45.8 Å². The van der Waals surface area contributed by atoms with Crippen LogP contribution in [0, 0.1) is 0 Å². The van der Waals surface area contributed by atoms with Crippen LogP contribution in [-0.4, -0.2) is 54.7 Å². The van der Waals surface area contributed by atoms with Gasteiger partial charge in [0.15, 0.2) is 5.69 Å². The smallest absolute Gasteiger partial charge is 0.274 e. The summed E-state index contributed by atoms with van der Waals surface area (Å²) < 4.78 is 4.21. The van der Waals surface area contributed by atoms with E-state index in [1.54, 1.807) is 0 Å². The first-order valence-corrected chi connectivity index (χ1v) is 10.7. The van der Waals surface area contributed by atoms with Crippen molar-refractivity contribution in [1.29, 1.82) is 0 Å². The Morgan fingerprint density at radius 1 is 1.14 bits per heavy atom. The molecule has 2 aliphatic heterocycles. The Bertz CT molecular complexity index is 1060. The highest BCUT2D eigenvalue weighted by Gasteiger charge is 2.31. The zero-order valence-electron chi connectivity index (χ0n) is 17.3. The van der Waals surface area contributed by atoms with Crippen molar-refractivity contribution in [3.8, 4) is 0 Å². The van der Waals surface area contributed by atoms with Gasteiger partial charge in [-0.3, -0.25) is 14.4 Å². The molecule has 2 aliphatic rings. The first-order valence-electron chi connectivity index (χ1n) is 10.7. The average molecular weight is 393 g/mol. The molecule has 0 spiro atoms. The third kappa shape index (κ3) is 3.13. The number of likely N-dealkylation sites (tertiary alicyclic amines) is 1. The van der Waals surface area contributed by atoms with Crippen molar-refractivity contribution in [3.63, 3.8) is 0 Å². The number of para-hydroxylation sites is 2. The van der Waals surface area contributed by atoms with Gasteiger partial charge in [-0.25, -0.2) is 4.98 Å². The van der Waals surface area contributed by atoms with Gasteiger partial charge < -0.3 is 9.47 Å². The maximum absolute atomic E-state index is 13.1. The van der Waals surface area contributed by atoms with E-state index in [1.165, 1.54) is 5.69 Å². The third-order valence-electron chi connectivity index (χ3n) is 6.35. The van der Waals surface area contributed by atoms with E-state index in [2.05, 4.69) is 41.6 Å². The number of fused-ring (bicyclic) bond motifs is 2. The standard InChI is InChI=1S/C22H28N6O/c1-3-28-18-10-13-26(15-20-23-17-8-4-5-9-19(17)25(20)2)14-16(18)21(24-28)22(29)27-11-6-7-12-27/h4-5,8-9H,3,6-7,10-15H2,1-2H3. The lowest BCUT2D eigenvalue weighted by Gasteiger charge is -2.27. The van der Waals surface area contributed by atoms with E-state index in [9.17, 15) is 4.79 Å². The Balaban J connectivity index is 1.42. The van der Waals surface area contributed by atoms with E-state index >= 15 is 0 Å². The Hall–Kier alpha value is -2.67. The first-order chi connectivity index (χ1) is 14.2. The predicted octanol–water partition coefficient (Wildman–Crippen LogP) is 2.58. The van der Waals surface area contributed by atoms with Crippen molar-refractivity contribution in [2.24, 2.45) is 7.05 Å². The molecule has 2 aromatic heterocycles. The van der Waals surface area contributed by atoms with Gasteiger partial charge >= 0.3 is 0 Å². The van der Waals surface area contributed by atoms with E-state index in [1.807, 2.05) is 15.6 Å². The maximum Gasteiger partial charge on any atom is 0.274 e. The number of amides is 1. The second kappa shape index (κ2) is 7.30. The van der Waals surface area contributed by atoms with Gasteiger partial charge in [0.05, 0.1) is 17.6 Å². The Morgan fingerprint density at radius 3 is 2.69 bits per heavy atom. The Morgan fingerprint density at radius 2 is 1.93 bits per heavy atom. The number of aromatic nitrogens is 4. The lowest BCUT2D eigenvalue weighted by Crippen LogP contribution is -2.33. The maximum atomic E-state index is 13.1. The molecular formula is C22H28N6O. The van der Waals surface area contributed by atoms with Crippen LogP contribution in [0.2, 0.25) is 0 Å². The zero-order chi connectivity index (χ0) is 20.0. The molecule has 3 aromatic rings. The normalized spacial score (nSPS) is 17.2. The summed E-state index contributed by atoms with van der Waals surface area (Å²) in [7, 11) is 2.08. The summed E-state index contributed by atoms with van der Waals surface area (Å²) >= 11 is 0. The van der Waals surface area contributed by atoms with Crippen LogP contribution in [0.3, 0.4) is 0 Å². The molecule has 152 valence electrons. The number of carbonyl (C=O) groups excluding carboxylic acids is 1. The highest BCUT2D eigenvalue weighted by molar-refractivity contribution is 5.94. The monoisotopic (exact) mass is 392 g/mol. The number of benzene rings is 1. The van der Waals surface area contributed by atoms with Crippen molar-refractivity contribution in [2.75, 3.05) is 19.6 Å². The van der Waals surface area contributed by atoms with E-state index in [0.29, 0.717) is 5.69 Å². The third-order valence-corrected chi connectivity index (χ3v) is 6.35. The molecule has 1 saturated heterocycles. The molecule has 4 heterocycles. The largest absolute Gasteiger partial charge is 0.337 e. The number of rotatable bonds is 4. The van der Waals surface area contributed by atoms with Crippen LogP contribution in [-0.2, 0) is 33.1 Å². The number of imidazole rings is 1. The fraction of sp³-hybridized carbons (Fsp3) is 0.500. The summed E-state index contributed by atoms with van der Waals surface area (Å²) in [6.07, 6.45) is 3.12. The molecule has 7 nitrogen and oxygen atoms in total. The lowest BCUT2D eigenvalue weighted by atomic mass is 10.0. The SMILES string of the molecule is CCn1nc(C(=O)N2CCCC2)c2c1CCN(Cc1nc3ccccc3n1C)C2. The minimum absolute atomic E-state index is 0.107. The van der Waals surface area contributed by atoms with Gasteiger partial charge in [-0.05, 0) is 31.9 Å². The number of hydrogen-bond donors (Lipinski definition) is 0. The molecule has 0 radical (unpaired) electrons. The van der Waals surface area contributed by atoms with Crippen LogP contribution in [0.25, 0.3) is 11.0 Å². The average Bonchev–Trinajstić information content (AvgIpc) is 3.46. The van der Waals surface area contributed by atoms with Crippen molar-refractivity contribution in [3.05, 3.63) is 47.0 Å². The van der Waals surface area contributed by atoms with Crippen molar-refractivity contribution < 1.29 is 4.79 Å². The lowest BCUT2D eigenvalue weighted by molar-refractivity contribution is 0.0783. The number of carbonyl (C=O) groups is 1. The van der Waals surface area contributed by atoms with Gasteiger partial charge in [-0.15, -0.1) is 0 Å². The van der Waals surface area contributed by atoms with Crippen molar-refractivity contribution >= 4 is 16.9 Å². The topological polar surface area (TPSA) is 59.2 Å². The molecule has 7 heteroatoms. The molecule has 1 fully saturated rings. The van der Waals surface area contributed by atoms with Crippen LogP contribution in [0.5, 0.6) is 0 Å². The molecular weight excluding hydrogens is 364 g/mol. The van der Waals surface area contributed by atoms with E-state index < -0.39 is 0 Å². The van der Waals surface area contributed by atoms with Gasteiger partial charge in [0.1, 0.15) is 5.82 Å². The molecule has 29 heavy (non-hydrogen) atoms. The highest BCUT2D eigenvalue weighted by Crippen LogP contribution is 2.26. The van der Waals surface area contributed by atoms with Crippen molar-refractivity contribution in [1.82, 2.24) is 29.1 Å². The summed E-state index contributed by atoms with van der Waals surface area (Å²) in [5, 5.41) is 4.73. The molecule has 0 N–H and O–H groups in total. The molecule has 0 bridgehead atoms. The second-order valence-electron chi connectivity index (χ2n) is 8.13. The molecule has 1 aromatic carbocycles. The number of nitrogens with zero attached hydrogens (tertiary/aromatic N) is 6. The number of aryl methyl sites for hydroxylation is 2. The van der Waals surface area contributed by atoms with Gasteiger partial charge in [0.25, 0.3) is 5.91 Å². The highest BCUT2D eigenvalue weighted by atomic mass is 16.2. The summed E-state index contributed by atoms with van der Waals surface area (Å²) in [6.45, 7) is 7.11. The zero-order valence-corrected chi connectivity index (χ0v) is 17.3. The van der Waals surface area contributed by atoms with Crippen LogP contribution in [0.4, 0.5) is 0 Å². The minimum Gasteiger partial charge on any atom is -0.337 e. The summed E-state index contributed by atoms with van der Waals surface area (Å²) in [4.78, 5) is 22.3. The van der Waals surface area contributed by atoms with E-state index in [4.69, 9.17) is 10.1 Å². The second-order valence-corrected chi connectivity index (χ2v) is 8.13. The predicted molar refractivity (Wildman–Crippen MR) is 112 cm³/mol. The van der Waals surface area contributed by atoms with E-state index in [-0.39, 0.29) is 5.91 Å². The molecule has 0 aliphatic carbocycles. The Kier molecular flexibility index (Phi) is 4.62. The van der Waals surface area contributed by atoms with Gasteiger partial charge in [-0.2, -0.15) is 5.10 Å². The fourth-order valence-corrected chi connectivity index (χ4v) is 4.72. The van der Waals surface area contributed by atoms with Gasteiger partial charge in [0.2, 0.25) is 0 Å². The van der Waals surface area contributed by atoms with Crippen LogP contribution in [0.1, 0.15) is 47.3 Å².